The highest BCUT2D eigenvalue weighted by Gasteiger charge is 2.17. The Morgan fingerprint density at radius 1 is 1.14 bits per heavy atom. The summed E-state index contributed by atoms with van der Waals surface area (Å²) in [6.45, 7) is 5.24. The molecule has 3 heterocycles. The fraction of sp³-hybridized carbons (Fsp3) is 0.346. The molecule has 182 valence electrons. The Morgan fingerprint density at radius 3 is 2.80 bits per heavy atom. The number of hydrogen-bond acceptors (Lipinski definition) is 7. The number of aromatic nitrogens is 4. The highest BCUT2D eigenvalue weighted by atomic mass is 19.1. The SMILES string of the molecule is CCc1cc(Nc2ncc(F)c(-n3cnc4ccccc43)n2)cc(OCCN2CCC(O)CC2)c1. The van der Waals surface area contributed by atoms with Crippen LogP contribution in [0.4, 0.5) is 16.0 Å². The number of nitrogens with one attached hydrogen (secondary N) is 1. The molecule has 8 nitrogen and oxygen atoms in total. The molecule has 0 spiro atoms. The first-order chi connectivity index (χ1) is 17.1. The maximum atomic E-state index is 14.7. The van der Waals surface area contributed by atoms with Crippen LogP contribution in [0.2, 0.25) is 0 Å². The minimum atomic E-state index is -0.532. The number of likely N-dealkylation sites (tertiary alicyclic amines) is 1. The van der Waals surface area contributed by atoms with E-state index in [-0.39, 0.29) is 17.9 Å². The van der Waals surface area contributed by atoms with Crippen molar-refractivity contribution in [3.05, 3.63) is 66.4 Å². The van der Waals surface area contributed by atoms with Crippen LogP contribution in [-0.2, 0) is 6.42 Å². The van der Waals surface area contributed by atoms with E-state index in [2.05, 4.69) is 32.1 Å². The molecule has 0 unspecified atom stereocenters. The zero-order chi connectivity index (χ0) is 24.2. The number of fused-ring (bicyclic) bond motifs is 1. The first kappa shape index (κ1) is 23.2. The smallest absolute Gasteiger partial charge is 0.229 e. The van der Waals surface area contributed by atoms with E-state index < -0.39 is 5.82 Å². The van der Waals surface area contributed by atoms with Crippen LogP contribution in [0.5, 0.6) is 5.75 Å². The molecule has 0 amide bonds. The number of anilines is 2. The summed E-state index contributed by atoms with van der Waals surface area (Å²) < 4.78 is 22.3. The number of benzene rings is 2. The Morgan fingerprint density at radius 2 is 1.97 bits per heavy atom. The van der Waals surface area contributed by atoms with Crippen LogP contribution in [0.25, 0.3) is 16.9 Å². The first-order valence-electron chi connectivity index (χ1n) is 12.0. The normalized spacial score (nSPS) is 14.9. The molecular weight excluding hydrogens is 447 g/mol. The number of rotatable bonds is 8. The third-order valence-corrected chi connectivity index (χ3v) is 6.27. The summed E-state index contributed by atoms with van der Waals surface area (Å²) in [6, 6.07) is 13.5. The topological polar surface area (TPSA) is 88.3 Å². The standard InChI is InChI=1S/C26H29FN6O2/c1-2-18-13-19(15-21(14-18)35-12-11-32-9-7-20(34)8-10-32)30-26-28-16-22(27)25(31-26)33-17-29-23-5-3-4-6-24(23)33/h3-6,13-17,20,34H,2,7-12H2,1H3,(H,28,30,31). The summed E-state index contributed by atoms with van der Waals surface area (Å²) in [6.07, 6.45) is 5.01. The van der Waals surface area contributed by atoms with Crippen molar-refractivity contribution in [1.82, 2.24) is 24.4 Å². The van der Waals surface area contributed by atoms with Gasteiger partial charge in [0.25, 0.3) is 0 Å². The number of piperidine rings is 1. The van der Waals surface area contributed by atoms with Crippen LogP contribution < -0.4 is 10.1 Å². The second-order valence-electron chi connectivity index (χ2n) is 8.73. The largest absolute Gasteiger partial charge is 0.492 e. The zero-order valence-corrected chi connectivity index (χ0v) is 19.7. The lowest BCUT2D eigenvalue weighted by Gasteiger charge is -2.29. The Balaban J connectivity index is 1.32. The van der Waals surface area contributed by atoms with E-state index in [1.54, 1.807) is 10.9 Å². The van der Waals surface area contributed by atoms with Crippen LogP contribution in [0.3, 0.4) is 0 Å². The molecule has 1 aliphatic heterocycles. The van der Waals surface area contributed by atoms with Crippen molar-refractivity contribution in [2.45, 2.75) is 32.3 Å². The van der Waals surface area contributed by atoms with Gasteiger partial charge in [-0.25, -0.2) is 14.4 Å². The van der Waals surface area contributed by atoms with Gasteiger partial charge >= 0.3 is 0 Å². The van der Waals surface area contributed by atoms with Gasteiger partial charge in [0.2, 0.25) is 5.95 Å². The number of nitrogens with zero attached hydrogens (tertiary/aromatic N) is 5. The Bertz CT molecular complexity index is 1300. The molecule has 2 N–H and O–H groups in total. The zero-order valence-electron chi connectivity index (χ0n) is 19.7. The predicted octanol–water partition coefficient (Wildman–Crippen LogP) is 4.10. The van der Waals surface area contributed by atoms with Gasteiger partial charge in [0.1, 0.15) is 18.7 Å². The summed E-state index contributed by atoms with van der Waals surface area (Å²) in [4.78, 5) is 15.2. The number of hydrogen-bond donors (Lipinski definition) is 2. The molecule has 5 rings (SSSR count). The second kappa shape index (κ2) is 10.4. The lowest BCUT2D eigenvalue weighted by Crippen LogP contribution is -2.38. The van der Waals surface area contributed by atoms with E-state index in [4.69, 9.17) is 4.74 Å². The third kappa shape index (κ3) is 5.41. The highest BCUT2D eigenvalue weighted by molar-refractivity contribution is 5.76. The predicted molar refractivity (Wildman–Crippen MR) is 133 cm³/mol. The lowest BCUT2D eigenvalue weighted by atomic mass is 10.1. The van der Waals surface area contributed by atoms with Crippen molar-refractivity contribution >= 4 is 22.7 Å². The molecule has 2 aromatic carbocycles. The van der Waals surface area contributed by atoms with Gasteiger partial charge in [-0.3, -0.25) is 9.47 Å². The molecule has 0 radical (unpaired) electrons. The third-order valence-electron chi connectivity index (χ3n) is 6.27. The van der Waals surface area contributed by atoms with Crippen LogP contribution in [0, 0.1) is 5.82 Å². The van der Waals surface area contributed by atoms with Crippen molar-refractivity contribution in [1.29, 1.82) is 0 Å². The summed E-state index contributed by atoms with van der Waals surface area (Å²) in [7, 11) is 0. The minimum Gasteiger partial charge on any atom is -0.492 e. The molecular formula is C26H29FN6O2. The molecule has 0 atom stereocenters. The van der Waals surface area contributed by atoms with Crippen molar-refractivity contribution < 1.29 is 14.2 Å². The molecule has 35 heavy (non-hydrogen) atoms. The van der Waals surface area contributed by atoms with E-state index in [1.807, 2.05) is 42.5 Å². The molecule has 0 saturated carbocycles. The average molecular weight is 477 g/mol. The fourth-order valence-electron chi connectivity index (χ4n) is 4.30. The number of aliphatic hydroxyl groups excluding tert-OH is 1. The van der Waals surface area contributed by atoms with Gasteiger partial charge in [-0.1, -0.05) is 19.1 Å². The van der Waals surface area contributed by atoms with Crippen molar-refractivity contribution in [2.75, 3.05) is 31.6 Å². The van der Waals surface area contributed by atoms with E-state index in [0.717, 1.165) is 73.1 Å². The van der Waals surface area contributed by atoms with E-state index in [9.17, 15) is 9.50 Å². The molecule has 1 fully saturated rings. The van der Waals surface area contributed by atoms with Gasteiger partial charge < -0.3 is 15.2 Å². The Hall–Kier alpha value is -3.56. The van der Waals surface area contributed by atoms with Gasteiger partial charge in [0.15, 0.2) is 11.6 Å². The second-order valence-corrected chi connectivity index (χ2v) is 8.73. The van der Waals surface area contributed by atoms with Gasteiger partial charge in [-0.15, -0.1) is 0 Å². The molecule has 9 heteroatoms. The van der Waals surface area contributed by atoms with E-state index >= 15 is 0 Å². The summed E-state index contributed by atoms with van der Waals surface area (Å²) in [5.74, 6) is 0.637. The molecule has 2 aromatic heterocycles. The monoisotopic (exact) mass is 476 g/mol. The van der Waals surface area contributed by atoms with E-state index in [0.29, 0.717) is 6.61 Å². The van der Waals surface area contributed by atoms with Crippen LogP contribution in [-0.4, -0.2) is 61.9 Å². The Kier molecular flexibility index (Phi) is 6.87. The van der Waals surface area contributed by atoms with Gasteiger partial charge in [0, 0.05) is 31.4 Å². The Labute approximate surface area is 203 Å². The number of imidazole rings is 1. The molecule has 0 aliphatic carbocycles. The van der Waals surface area contributed by atoms with Gasteiger partial charge in [0.05, 0.1) is 23.3 Å². The summed E-state index contributed by atoms with van der Waals surface area (Å²) in [5.41, 5.74) is 3.41. The molecule has 4 aromatic rings. The first-order valence-corrected chi connectivity index (χ1v) is 12.0. The van der Waals surface area contributed by atoms with Crippen LogP contribution in [0.15, 0.2) is 55.0 Å². The van der Waals surface area contributed by atoms with Crippen molar-refractivity contribution in [2.24, 2.45) is 0 Å². The number of aliphatic hydroxyl groups is 1. The molecule has 1 saturated heterocycles. The fourth-order valence-corrected chi connectivity index (χ4v) is 4.30. The lowest BCUT2D eigenvalue weighted by molar-refractivity contribution is 0.0755. The van der Waals surface area contributed by atoms with Crippen LogP contribution >= 0.6 is 0 Å². The number of ether oxygens (including phenoxy) is 1. The van der Waals surface area contributed by atoms with Gasteiger partial charge in [-0.2, -0.15) is 4.98 Å². The molecule has 1 aliphatic rings. The maximum absolute atomic E-state index is 14.7. The minimum absolute atomic E-state index is 0.131. The maximum Gasteiger partial charge on any atom is 0.229 e. The quantitative estimate of drug-likeness (QED) is 0.396. The number of halogens is 1. The highest BCUT2D eigenvalue weighted by Crippen LogP contribution is 2.25. The van der Waals surface area contributed by atoms with Crippen LogP contribution in [0.1, 0.15) is 25.3 Å². The van der Waals surface area contributed by atoms with Crippen molar-refractivity contribution in [3.63, 3.8) is 0 Å². The summed E-state index contributed by atoms with van der Waals surface area (Å²) >= 11 is 0. The number of aryl methyl sites for hydroxylation is 1. The molecule has 0 bridgehead atoms. The average Bonchev–Trinajstić information content (AvgIpc) is 3.30. The number of para-hydroxylation sites is 2. The van der Waals surface area contributed by atoms with Crippen molar-refractivity contribution in [3.8, 4) is 11.6 Å². The van der Waals surface area contributed by atoms with Gasteiger partial charge in [-0.05, 0) is 49.1 Å². The summed E-state index contributed by atoms with van der Waals surface area (Å²) in [5, 5.41) is 12.9. The van der Waals surface area contributed by atoms with E-state index in [1.165, 1.54) is 0 Å².